The summed E-state index contributed by atoms with van der Waals surface area (Å²) in [6.07, 6.45) is 2.70. The molecule has 0 saturated heterocycles. The summed E-state index contributed by atoms with van der Waals surface area (Å²) in [4.78, 5) is 22.2. The van der Waals surface area contributed by atoms with E-state index in [9.17, 15) is 9.59 Å². The number of hydrogen-bond donors (Lipinski definition) is 2. The van der Waals surface area contributed by atoms with Gasteiger partial charge in [-0.2, -0.15) is 0 Å². The standard InChI is InChI=1S/C18H27NO3/c1-4-14-9-11-15(12-10-14)18(2,3)13-19-16(20)7-5-6-8-17(21)22/h9-12H,4-8,13H2,1-3H3,(H,19,20)(H,21,22). The quantitative estimate of drug-likeness (QED) is 0.688. The minimum Gasteiger partial charge on any atom is -0.481 e. The lowest BCUT2D eigenvalue weighted by Gasteiger charge is -2.26. The molecule has 4 heteroatoms. The van der Waals surface area contributed by atoms with Gasteiger partial charge in [0.1, 0.15) is 0 Å². The van der Waals surface area contributed by atoms with Crippen molar-refractivity contribution in [3.63, 3.8) is 0 Å². The molecule has 0 heterocycles. The minimum atomic E-state index is -0.808. The van der Waals surface area contributed by atoms with Crippen molar-refractivity contribution in [3.8, 4) is 0 Å². The van der Waals surface area contributed by atoms with Gasteiger partial charge in [-0.25, -0.2) is 0 Å². The van der Waals surface area contributed by atoms with Crippen molar-refractivity contribution < 1.29 is 14.7 Å². The van der Waals surface area contributed by atoms with Crippen molar-refractivity contribution in [1.29, 1.82) is 0 Å². The Morgan fingerprint density at radius 2 is 1.68 bits per heavy atom. The number of unbranched alkanes of at least 4 members (excludes halogenated alkanes) is 1. The number of carboxylic acids is 1. The zero-order valence-corrected chi connectivity index (χ0v) is 13.8. The fraction of sp³-hybridized carbons (Fsp3) is 0.556. The molecule has 0 aliphatic carbocycles. The Balaban J connectivity index is 2.40. The molecule has 0 aliphatic heterocycles. The molecule has 0 bridgehead atoms. The van der Waals surface area contributed by atoms with Crippen molar-refractivity contribution in [3.05, 3.63) is 35.4 Å². The van der Waals surface area contributed by atoms with Crippen LogP contribution in [0.5, 0.6) is 0 Å². The van der Waals surface area contributed by atoms with Crippen molar-refractivity contribution >= 4 is 11.9 Å². The average Bonchev–Trinajstić information content (AvgIpc) is 2.49. The van der Waals surface area contributed by atoms with Crippen molar-refractivity contribution in [2.45, 2.75) is 58.3 Å². The number of benzene rings is 1. The number of hydrogen-bond acceptors (Lipinski definition) is 2. The molecule has 0 radical (unpaired) electrons. The second kappa shape index (κ2) is 8.57. The molecule has 0 saturated carbocycles. The van der Waals surface area contributed by atoms with Crippen LogP contribution in [0.1, 0.15) is 57.6 Å². The van der Waals surface area contributed by atoms with Crippen LogP contribution in [-0.2, 0) is 21.4 Å². The lowest BCUT2D eigenvalue weighted by atomic mass is 9.84. The van der Waals surface area contributed by atoms with E-state index in [2.05, 4.69) is 50.4 Å². The van der Waals surface area contributed by atoms with Crippen molar-refractivity contribution in [1.82, 2.24) is 5.32 Å². The molecular weight excluding hydrogens is 278 g/mol. The third kappa shape index (κ3) is 6.29. The molecule has 0 fully saturated rings. The van der Waals surface area contributed by atoms with E-state index in [-0.39, 0.29) is 17.7 Å². The zero-order chi connectivity index (χ0) is 16.6. The van der Waals surface area contributed by atoms with Crippen LogP contribution < -0.4 is 5.32 Å². The monoisotopic (exact) mass is 305 g/mol. The largest absolute Gasteiger partial charge is 0.481 e. The number of carboxylic acid groups (broad SMARTS) is 1. The Morgan fingerprint density at radius 1 is 1.09 bits per heavy atom. The van der Waals surface area contributed by atoms with Gasteiger partial charge in [-0.3, -0.25) is 9.59 Å². The number of aliphatic carboxylic acids is 1. The number of amides is 1. The van der Waals surface area contributed by atoms with Crippen LogP contribution in [-0.4, -0.2) is 23.5 Å². The van der Waals surface area contributed by atoms with Crippen LogP contribution in [0.25, 0.3) is 0 Å². The van der Waals surface area contributed by atoms with E-state index in [4.69, 9.17) is 5.11 Å². The number of nitrogens with one attached hydrogen (secondary N) is 1. The summed E-state index contributed by atoms with van der Waals surface area (Å²) in [5, 5.41) is 11.5. The highest BCUT2D eigenvalue weighted by atomic mass is 16.4. The number of carbonyl (C=O) groups excluding carboxylic acids is 1. The second-order valence-electron chi connectivity index (χ2n) is 6.31. The molecule has 1 amide bonds. The molecule has 0 atom stereocenters. The van der Waals surface area contributed by atoms with Gasteiger partial charge in [0.2, 0.25) is 5.91 Å². The van der Waals surface area contributed by atoms with Crippen LogP contribution in [0, 0.1) is 0 Å². The number of carbonyl (C=O) groups is 2. The molecule has 2 N–H and O–H groups in total. The smallest absolute Gasteiger partial charge is 0.303 e. The topological polar surface area (TPSA) is 66.4 Å². The summed E-state index contributed by atoms with van der Waals surface area (Å²) in [6, 6.07) is 8.51. The fourth-order valence-electron chi connectivity index (χ4n) is 2.26. The van der Waals surface area contributed by atoms with E-state index >= 15 is 0 Å². The van der Waals surface area contributed by atoms with Gasteiger partial charge in [0.15, 0.2) is 0 Å². The Kier molecular flexibility index (Phi) is 7.09. The number of rotatable bonds is 9. The van der Waals surface area contributed by atoms with Gasteiger partial charge < -0.3 is 10.4 Å². The van der Waals surface area contributed by atoms with Gasteiger partial charge in [-0.1, -0.05) is 45.0 Å². The van der Waals surface area contributed by atoms with E-state index in [1.807, 2.05) is 0 Å². The highest BCUT2D eigenvalue weighted by molar-refractivity contribution is 5.76. The average molecular weight is 305 g/mol. The predicted molar refractivity (Wildman–Crippen MR) is 88.0 cm³/mol. The lowest BCUT2D eigenvalue weighted by Crippen LogP contribution is -2.36. The Morgan fingerprint density at radius 3 is 2.23 bits per heavy atom. The first-order valence-corrected chi connectivity index (χ1v) is 7.93. The molecule has 1 aromatic carbocycles. The maximum atomic E-state index is 11.8. The summed E-state index contributed by atoms with van der Waals surface area (Å²) in [5.41, 5.74) is 2.39. The third-order valence-corrected chi connectivity index (χ3v) is 3.92. The second-order valence-corrected chi connectivity index (χ2v) is 6.31. The summed E-state index contributed by atoms with van der Waals surface area (Å²) in [7, 11) is 0. The van der Waals surface area contributed by atoms with Gasteiger partial charge >= 0.3 is 5.97 Å². The molecule has 0 aliphatic rings. The first-order chi connectivity index (χ1) is 10.3. The van der Waals surface area contributed by atoms with Gasteiger partial charge in [0.05, 0.1) is 0 Å². The summed E-state index contributed by atoms with van der Waals surface area (Å²) in [5.74, 6) is -0.819. The summed E-state index contributed by atoms with van der Waals surface area (Å²) < 4.78 is 0. The highest BCUT2D eigenvalue weighted by Crippen LogP contribution is 2.22. The van der Waals surface area contributed by atoms with Crippen LogP contribution in [0.4, 0.5) is 0 Å². The van der Waals surface area contributed by atoms with Crippen LogP contribution in [0.2, 0.25) is 0 Å². The number of aryl methyl sites for hydroxylation is 1. The van der Waals surface area contributed by atoms with Gasteiger partial charge in [-0.05, 0) is 30.4 Å². The first-order valence-electron chi connectivity index (χ1n) is 7.93. The molecule has 0 aromatic heterocycles. The zero-order valence-electron chi connectivity index (χ0n) is 13.8. The van der Waals surface area contributed by atoms with E-state index in [1.165, 1.54) is 11.1 Å². The van der Waals surface area contributed by atoms with Crippen LogP contribution in [0.3, 0.4) is 0 Å². The SMILES string of the molecule is CCc1ccc(C(C)(C)CNC(=O)CCCCC(=O)O)cc1. The van der Waals surface area contributed by atoms with Crippen molar-refractivity contribution in [2.75, 3.05) is 6.54 Å². The Bertz CT molecular complexity index is 492. The van der Waals surface area contributed by atoms with Crippen LogP contribution in [0.15, 0.2) is 24.3 Å². The third-order valence-electron chi connectivity index (χ3n) is 3.92. The first kappa shape index (κ1) is 18.2. The molecule has 1 rings (SSSR count). The molecule has 4 nitrogen and oxygen atoms in total. The minimum absolute atomic E-state index is 0.0105. The van der Waals surface area contributed by atoms with E-state index in [1.54, 1.807) is 0 Å². The molecule has 1 aromatic rings. The predicted octanol–water partition coefficient (Wildman–Crippen LogP) is 3.29. The Labute approximate surface area is 132 Å². The lowest BCUT2D eigenvalue weighted by molar-refractivity contribution is -0.137. The molecule has 22 heavy (non-hydrogen) atoms. The summed E-state index contributed by atoms with van der Waals surface area (Å²) >= 11 is 0. The molecule has 0 spiro atoms. The van der Waals surface area contributed by atoms with Crippen LogP contribution >= 0.6 is 0 Å². The van der Waals surface area contributed by atoms with Gasteiger partial charge in [0, 0.05) is 24.8 Å². The maximum Gasteiger partial charge on any atom is 0.303 e. The normalized spacial score (nSPS) is 11.2. The van der Waals surface area contributed by atoms with E-state index in [0.717, 1.165) is 6.42 Å². The summed E-state index contributed by atoms with van der Waals surface area (Å²) in [6.45, 7) is 6.93. The maximum absolute atomic E-state index is 11.8. The molecule has 122 valence electrons. The fourth-order valence-corrected chi connectivity index (χ4v) is 2.26. The van der Waals surface area contributed by atoms with Gasteiger partial charge in [-0.15, -0.1) is 0 Å². The van der Waals surface area contributed by atoms with Crippen molar-refractivity contribution in [2.24, 2.45) is 0 Å². The van der Waals surface area contributed by atoms with E-state index < -0.39 is 5.97 Å². The highest BCUT2D eigenvalue weighted by Gasteiger charge is 2.21. The van der Waals surface area contributed by atoms with Gasteiger partial charge in [0.25, 0.3) is 0 Å². The van der Waals surface area contributed by atoms with E-state index in [0.29, 0.717) is 25.8 Å². The Hall–Kier alpha value is -1.84. The molecule has 0 unspecified atom stereocenters. The molecular formula is C18H27NO3.